The van der Waals surface area contributed by atoms with Crippen LogP contribution < -0.4 is 4.74 Å². The van der Waals surface area contributed by atoms with Gasteiger partial charge in [0.25, 0.3) is 0 Å². The maximum Gasteiger partial charge on any atom is 0.328 e. The minimum atomic E-state index is -1.04. The zero-order valence-electron chi connectivity index (χ0n) is 9.12. The summed E-state index contributed by atoms with van der Waals surface area (Å²) in [5.74, 6) is -1.52. The van der Waals surface area contributed by atoms with Crippen LogP contribution in [0.25, 0.3) is 6.08 Å². The lowest BCUT2D eigenvalue weighted by molar-refractivity contribution is -0.131. The zero-order valence-corrected chi connectivity index (χ0v) is 9.12. The highest BCUT2D eigenvalue weighted by molar-refractivity contribution is 5.80. The van der Waals surface area contributed by atoms with Gasteiger partial charge in [-0.15, -0.1) is 0 Å². The molecule has 0 fully saturated rings. The van der Waals surface area contributed by atoms with E-state index in [2.05, 4.69) is 0 Å². The number of rotatable bonds is 4. The Kier molecular flexibility index (Phi) is 4.16. The first-order chi connectivity index (χ1) is 8.04. The molecule has 0 saturated heterocycles. The average Bonchev–Trinajstić information content (AvgIpc) is 2.28. The first-order valence-electron chi connectivity index (χ1n) is 4.72. The van der Waals surface area contributed by atoms with Gasteiger partial charge in [0.2, 0.25) is 5.75 Å². The van der Waals surface area contributed by atoms with Crippen molar-refractivity contribution in [3.63, 3.8) is 0 Å². The van der Waals surface area contributed by atoms with E-state index < -0.39 is 5.97 Å². The molecule has 0 unspecified atom stereocenters. The molecule has 17 heavy (non-hydrogen) atoms. The fourth-order valence-corrected chi connectivity index (χ4v) is 1.17. The van der Waals surface area contributed by atoms with Crippen molar-refractivity contribution in [2.24, 2.45) is 0 Å². The molecule has 0 radical (unpaired) electrons. The van der Waals surface area contributed by atoms with Gasteiger partial charge in [-0.05, 0) is 17.7 Å². The number of aromatic hydroxyl groups is 2. The molecule has 5 nitrogen and oxygen atoms in total. The van der Waals surface area contributed by atoms with Crippen molar-refractivity contribution in [1.29, 1.82) is 0 Å². The molecule has 3 N–H and O–H groups in total. The predicted octanol–water partition coefficient (Wildman–Crippen LogP) is 1.76. The van der Waals surface area contributed by atoms with Crippen molar-refractivity contribution >= 4 is 12.0 Å². The number of carboxylic acid groups (broad SMARTS) is 1. The van der Waals surface area contributed by atoms with Gasteiger partial charge in [0.15, 0.2) is 11.5 Å². The molecular formula is C12H12O5. The standard InChI is InChI=1S/C12H12O5/c1-17-10-7-8(6-9(13)12(10)16)4-2-3-5-11(14)15/h2-7,13,16H,1H3,(H,14,15)/b4-2+,5-3+. The molecule has 1 aromatic rings. The summed E-state index contributed by atoms with van der Waals surface area (Å²) in [6.07, 6.45) is 5.40. The summed E-state index contributed by atoms with van der Waals surface area (Å²) in [4.78, 5) is 10.2. The van der Waals surface area contributed by atoms with E-state index in [0.29, 0.717) is 5.56 Å². The lowest BCUT2D eigenvalue weighted by Crippen LogP contribution is -1.85. The lowest BCUT2D eigenvalue weighted by atomic mass is 10.1. The van der Waals surface area contributed by atoms with E-state index in [1.54, 1.807) is 6.08 Å². The van der Waals surface area contributed by atoms with Gasteiger partial charge in [0, 0.05) is 6.08 Å². The molecule has 0 aliphatic heterocycles. The van der Waals surface area contributed by atoms with Crippen molar-refractivity contribution in [3.05, 3.63) is 35.9 Å². The number of hydrogen-bond donors (Lipinski definition) is 3. The van der Waals surface area contributed by atoms with Crippen LogP contribution in [0.4, 0.5) is 0 Å². The summed E-state index contributed by atoms with van der Waals surface area (Å²) in [5, 5.41) is 27.1. The summed E-state index contributed by atoms with van der Waals surface area (Å²) < 4.78 is 4.85. The van der Waals surface area contributed by atoms with Gasteiger partial charge in [0.05, 0.1) is 7.11 Å². The molecule has 0 aromatic heterocycles. The third-order valence-corrected chi connectivity index (χ3v) is 1.94. The number of hydrogen-bond acceptors (Lipinski definition) is 4. The molecule has 1 aromatic carbocycles. The monoisotopic (exact) mass is 236 g/mol. The Morgan fingerprint density at radius 1 is 1.29 bits per heavy atom. The quantitative estimate of drug-likeness (QED) is 0.421. The van der Waals surface area contributed by atoms with Crippen LogP contribution in [-0.2, 0) is 4.79 Å². The average molecular weight is 236 g/mol. The Balaban J connectivity index is 2.92. The Bertz CT molecular complexity index is 474. The minimum absolute atomic E-state index is 0.145. The Morgan fingerprint density at radius 2 is 2.00 bits per heavy atom. The lowest BCUT2D eigenvalue weighted by Gasteiger charge is -2.06. The van der Waals surface area contributed by atoms with Crippen LogP contribution in [0.3, 0.4) is 0 Å². The van der Waals surface area contributed by atoms with Gasteiger partial charge < -0.3 is 20.1 Å². The Hall–Kier alpha value is -2.43. The molecule has 0 bridgehead atoms. The fraction of sp³-hybridized carbons (Fsp3) is 0.0833. The van der Waals surface area contributed by atoms with Crippen LogP contribution in [0.5, 0.6) is 17.2 Å². The number of aliphatic carboxylic acids is 1. The summed E-state index contributed by atoms with van der Waals surface area (Å²) in [5.41, 5.74) is 0.576. The number of phenolic OH excluding ortho intramolecular Hbond substituents is 2. The molecule has 5 heteroatoms. The molecule has 0 atom stereocenters. The van der Waals surface area contributed by atoms with Gasteiger partial charge in [-0.3, -0.25) is 0 Å². The summed E-state index contributed by atoms with van der Waals surface area (Å²) >= 11 is 0. The number of benzene rings is 1. The molecule has 1 rings (SSSR count). The van der Waals surface area contributed by atoms with E-state index in [-0.39, 0.29) is 17.2 Å². The maximum absolute atomic E-state index is 10.2. The number of phenols is 2. The normalized spacial score (nSPS) is 11.1. The van der Waals surface area contributed by atoms with Crippen molar-refractivity contribution in [2.75, 3.05) is 7.11 Å². The topological polar surface area (TPSA) is 87.0 Å². The van der Waals surface area contributed by atoms with Crippen LogP contribution in [0.1, 0.15) is 5.56 Å². The van der Waals surface area contributed by atoms with Gasteiger partial charge in [0.1, 0.15) is 0 Å². The van der Waals surface area contributed by atoms with Gasteiger partial charge in [-0.25, -0.2) is 4.79 Å². The molecule has 0 amide bonds. The first-order valence-corrected chi connectivity index (χ1v) is 4.72. The minimum Gasteiger partial charge on any atom is -0.504 e. The fourth-order valence-electron chi connectivity index (χ4n) is 1.17. The SMILES string of the molecule is COc1cc(/C=C/C=C/C(=O)O)cc(O)c1O. The van der Waals surface area contributed by atoms with Gasteiger partial charge in [-0.2, -0.15) is 0 Å². The molecular weight excluding hydrogens is 224 g/mol. The van der Waals surface area contributed by atoms with Crippen LogP contribution in [0.15, 0.2) is 30.4 Å². The Morgan fingerprint density at radius 3 is 2.59 bits per heavy atom. The third kappa shape index (κ3) is 3.57. The smallest absolute Gasteiger partial charge is 0.328 e. The van der Waals surface area contributed by atoms with Crippen LogP contribution >= 0.6 is 0 Å². The molecule has 0 heterocycles. The maximum atomic E-state index is 10.2. The van der Waals surface area contributed by atoms with E-state index in [1.165, 1.54) is 31.4 Å². The molecule has 0 aliphatic rings. The zero-order chi connectivity index (χ0) is 12.8. The van der Waals surface area contributed by atoms with Crippen LogP contribution in [-0.4, -0.2) is 28.4 Å². The highest BCUT2D eigenvalue weighted by Gasteiger charge is 2.07. The highest BCUT2D eigenvalue weighted by Crippen LogP contribution is 2.36. The first kappa shape index (κ1) is 12.6. The predicted molar refractivity (Wildman–Crippen MR) is 62.1 cm³/mol. The van der Waals surface area contributed by atoms with Gasteiger partial charge >= 0.3 is 5.97 Å². The van der Waals surface area contributed by atoms with E-state index in [4.69, 9.17) is 9.84 Å². The van der Waals surface area contributed by atoms with Gasteiger partial charge in [-0.1, -0.05) is 18.2 Å². The van der Waals surface area contributed by atoms with E-state index in [1.807, 2.05) is 0 Å². The molecule has 0 spiro atoms. The number of ether oxygens (including phenoxy) is 1. The van der Waals surface area contributed by atoms with Crippen molar-refractivity contribution in [1.82, 2.24) is 0 Å². The number of carbonyl (C=O) groups is 1. The second kappa shape index (κ2) is 5.60. The third-order valence-electron chi connectivity index (χ3n) is 1.94. The van der Waals surface area contributed by atoms with E-state index in [0.717, 1.165) is 6.08 Å². The molecule has 90 valence electrons. The second-order valence-corrected chi connectivity index (χ2v) is 3.15. The van der Waals surface area contributed by atoms with E-state index in [9.17, 15) is 15.0 Å². The van der Waals surface area contributed by atoms with Crippen LogP contribution in [0.2, 0.25) is 0 Å². The second-order valence-electron chi connectivity index (χ2n) is 3.15. The Labute approximate surface area is 97.9 Å². The van der Waals surface area contributed by atoms with Crippen molar-refractivity contribution < 1.29 is 24.9 Å². The summed E-state index contributed by atoms with van der Waals surface area (Å²) in [6, 6.07) is 2.85. The highest BCUT2D eigenvalue weighted by atomic mass is 16.5. The van der Waals surface area contributed by atoms with Crippen molar-refractivity contribution in [2.45, 2.75) is 0 Å². The van der Waals surface area contributed by atoms with Crippen LogP contribution in [0, 0.1) is 0 Å². The van der Waals surface area contributed by atoms with Crippen molar-refractivity contribution in [3.8, 4) is 17.2 Å². The number of carboxylic acids is 1. The number of allylic oxidation sites excluding steroid dienone is 2. The van der Waals surface area contributed by atoms with E-state index >= 15 is 0 Å². The summed E-state index contributed by atoms with van der Waals surface area (Å²) in [7, 11) is 1.37. The summed E-state index contributed by atoms with van der Waals surface area (Å²) in [6.45, 7) is 0. The molecule has 0 saturated carbocycles. The number of methoxy groups -OCH3 is 1. The molecule has 0 aliphatic carbocycles. The largest absolute Gasteiger partial charge is 0.504 e.